The molecule has 0 aromatic rings. The van der Waals surface area contributed by atoms with Crippen LogP contribution in [0.3, 0.4) is 0 Å². The smallest absolute Gasteiger partial charge is 0.325 e. The highest BCUT2D eigenvalue weighted by Gasteiger charge is 2.34. The number of hydrogen-bond acceptors (Lipinski definition) is 6. The molecule has 1 saturated heterocycles. The Bertz CT molecular complexity index is 391. The van der Waals surface area contributed by atoms with Gasteiger partial charge in [0, 0.05) is 19.1 Å². The molecule has 0 spiro atoms. The predicted molar refractivity (Wildman–Crippen MR) is 68.9 cm³/mol. The van der Waals surface area contributed by atoms with Gasteiger partial charge in [0.25, 0.3) is 0 Å². The van der Waals surface area contributed by atoms with E-state index >= 15 is 0 Å². The van der Waals surface area contributed by atoms with Gasteiger partial charge in [0.05, 0.1) is 18.6 Å². The number of ether oxygens (including phenoxy) is 1. The molecule has 0 aliphatic carbocycles. The number of esters is 1. The van der Waals surface area contributed by atoms with Crippen LogP contribution < -0.4 is 5.73 Å². The van der Waals surface area contributed by atoms with E-state index < -0.39 is 21.3 Å². The number of methoxy groups -OCH3 is 1. The Morgan fingerprint density at radius 1 is 1.44 bits per heavy atom. The zero-order valence-electron chi connectivity index (χ0n) is 11.2. The normalized spacial score (nSPS) is 25.1. The largest absolute Gasteiger partial charge is 0.468 e. The van der Waals surface area contributed by atoms with E-state index in [0.29, 0.717) is 19.5 Å². The minimum Gasteiger partial charge on any atom is -0.468 e. The van der Waals surface area contributed by atoms with Crippen LogP contribution in [0.25, 0.3) is 0 Å². The summed E-state index contributed by atoms with van der Waals surface area (Å²) in [6.07, 6.45) is 0.444. The maximum Gasteiger partial charge on any atom is 0.325 e. The summed E-state index contributed by atoms with van der Waals surface area (Å²) in [6.45, 7) is 4.59. The van der Waals surface area contributed by atoms with Gasteiger partial charge >= 0.3 is 5.97 Å². The molecule has 0 saturated carbocycles. The first kappa shape index (κ1) is 15.4. The van der Waals surface area contributed by atoms with Crippen LogP contribution in [0.5, 0.6) is 0 Å². The summed E-state index contributed by atoms with van der Waals surface area (Å²) in [5.41, 5.74) is 4.87. The predicted octanol–water partition coefficient (Wildman–Crippen LogP) is -0.614. The number of carbonyl (C=O) groups excluding carboxylic acids is 1. The highest BCUT2D eigenvalue weighted by molar-refractivity contribution is 7.91. The summed E-state index contributed by atoms with van der Waals surface area (Å²) in [6, 6.07) is 0.0506. The monoisotopic (exact) mass is 278 g/mol. The lowest BCUT2D eigenvalue weighted by Gasteiger charge is -2.35. The van der Waals surface area contributed by atoms with E-state index in [-0.39, 0.29) is 17.5 Å². The maximum absolute atomic E-state index is 11.5. The number of sulfone groups is 1. The topological polar surface area (TPSA) is 89.7 Å². The zero-order valence-corrected chi connectivity index (χ0v) is 12.0. The summed E-state index contributed by atoms with van der Waals surface area (Å²) < 4.78 is 27.3. The average molecular weight is 278 g/mol. The van der Waals surface area contributed by atoms with Crippen molar-refractivity contribution in [3.8, 4) is 0 Å². The van der Waals surface area contributed by atoms with E-state index in [1.54, 1.807) is 6.92 Å². The van der Waals surface area contributed by atoms with Crippen molar-refractivity contribution in [1.29, 1.82) is 0 Å². The number of hydrogen-bond donors (Lipinski definition) is 1. The van der Waals surface area contributed by atoms with Crippen molar-refractivity contribution in [2.45, 2.75) is 31.8 Å². The van der Waals surface area contributed by atoms with Gasteiger partial charge < -0.3 is 10.5 Å². The molecule has 1 aliphatic heterocycles. The van der Waals surface area contributed by atoms with Gasteiger partial charge in [-0.05, 0) is 20.3 Å². The third-order valence-electron chi connectivity index (χ3n) is 3.37. The second-order valence-corrected chi connectivity index (χ2v) is 7.45. The lowest BCUT2D eigenvalue weighted by atomic mass is 9.94. The summed E-state index contributed by atoms with van der Waals surface area (Å²) in [5, 5.41) is 0. The van der Waals surface area contributed by atoms with Crippen LogP contribution in [0.15, 0.2) is 0 Å². The Hall–Kier alpha value is -0.660. The Morgan fingerprint density at radius 2 is 1.94 bits per heavy atom. The number of nitrogens with zero attached hydrogens (tertiary/aromatic N) is 1. The second kappa shape index (κ2) is 5.54. The third kappa shape index (κ3) is 3.93. The fourth-order valence-electron chi connectivity index (χ4n) is 2.23. The summed E-state index contributed by atoms with van der Waals surface area (Å²) >= 11 is 0. The summed E-state index contributed by atoms with van der Waals surface area (Å²) in [7, 11) is -1.57. The van der Waals surface area contributed by atoms with Gasteiger partial charge in [-0.3, -0.25) is 9.69 Å². The fraction of sp³-hybridized carbons (Fsp3) is 0.909. The second-order valence-electron chi connectivity index (χ2n) is 5.15. The molecule has 1 heterocycles. The molecule has 2 unspecified atom stereocenters. The van der Waals surface area contributed by atoms with Crippen molar-refractivity contribution < 1.29 is 17.9 Å². The number of carbonyl (C=O) groups is 1. The molecule has 1 fully saturated rings. The minimum atomic E-state index is -2.88. The lowest BCUT2D eigenvalue weighted by molar-refractivity contribution is -0.147. The van der Waals surface area contributed by atoms with Gasteiger partial charge in [-0.1, -0.05) is 0 Å². The molecular formula is C11H22N2O4S. The molecule has 7 heteroatoms. The van der Waals surface area contributed by atoms with E-state index in [0.717, 1.165) is 0 Å². The molecule has 2 N–H and O–H groups in total. The molecule has 0 aromatic heterocycles. The minimum absolute atomic E-state index is 0.0506. The molecule has 18 heavy (non-hydrogen) atoms. The van der Waals surface area contributed by atoms with Crippen molar-refractivity contribution >= 4 is 15.8 Å². The van der Waals surface area contributed by atoms with E-state index in [1.165, 1.54) is 7.11 Å². The van der Waals surface area contributed by atoms with Crippen molar-refractivity contribution in [2.75, 3.05) is 31.7 Å². The first-order valence-electron chi connectivity index (χ1n) is 6.00. The number of rotatable bonds is 4. The molecule has 0 aromatic carbocycles. The van der Waals surface area contributed by atoms with E-state index in [9.17, 15) is 13.2 Å². The van der Waals surface area contributed by atoms with Gasteiger partial charge in [0.1, 0.15) is 5.54 Å². The Morgan fingerprint density at radius 3 is 2.39 bits per heavy atom. The van der Waals surface area contributed by atoms with E-state index in [4.69, 9.17) is 5.73 Å². The van der Waals surface area contributed by atoms with Crippen LogP contribution in [-0.4, -0.2) is 62.6 Å². The van der Waals surface area contributed by atoms with Crippen LogP contribution in [0, 0.1) is 0 Å². The molecule has 2 atom stereocenters. The molecule has 1 aliphatic rings. The fourth-order valence-corrected chi connectivity index (χ4v) is 3.46. The van der Waals surface area contributed by atoms with E-state index in [2.05, 4.69) is 9.64 Å². The standard InChI is InChI=1S/C11H22N2O4S/c1-9(8-11(2,12)10(14)17-3)13-4-6-18(15,16)7-5-13/h9H,4-8,12H2,1-3H3. The van der Waals surface area contributed by atoms with Crippen LogP contribution in [0.2, 0.25) is 0 Å². The first-order valence-corrected chi connectivity index (χ1v) is 7.82. The highest BCUT2D eigenvalue weighted by Crippen LogP contribution is 2.17. The average Bonchev–Trinajstić information content (AvgIpc) is 2.26. The SMILES string of the molecule is COC(=O)C(C)(N)CC(C)N1CCS(=O)(=O)CC1. The Labute approximate surface area is 108 Å². The van der Waals surface area contributed by atoms with Gasteiger partial charge in [-0.25, -0.2) is 8.42 Å². The van der Waals surface area contributed by atoms with Crippen LogP contribution in [-0.2, 0) is 19.4 Å². The molecule has 0 amide bonds. The van der Waals surface area contributed by atoms with Gasteiger partial charge in [-0.15, -0.1) is 0 Å². The number of nitrogens with two attached hydrogens (primary N) is 1. The van der Waals surface area contributed by atoms with Gasteiger partial charge in [-0.2, -0.15) is 0 Å². The van der Waals surface area contributed by atoms with Crippen LogP contribution >= 0.6 is 0 Å². The van der Waals surface area contributed by atoms with Crippen molar-refractivity contribution in [2.24, 2.45) is 5.73 Å². The van der Waals surface area contributed by atoms with Gasteiger partial charge in [0.15, 0.2) is 9.84 Å². The lowest BCUT2D eigenvalue weighted by Crippen LogP contribution is -2.53. The van der Waals surface area contributed by atoms with Crippen molar-refractivity contribution in [3.63, 3.8) is 0 Å². The molecular weight excluding hydrogens is 256 g/mol. The van der Waals surface area contributed by atoms with Gasteiger partial charge in [0.2, 0.25) is 0 Å². The zero-order chi connectivity index (χ0) is 14.0. The molecule has 106 valence electrons. The van der Waals surface area contributed by atoms with Crippen molar-refractivity contribution in [3.05, 3.63) is 0 Å². The Kier molecular flexibility index (Phi) is 4.74. The Balaban J connectivity index is 2.56. The quantitative estimate of drug-likeness (QED) is 0.690. The molecule has 0 bridgehead atoms. The van der Waals surface area contributed by atoms with Crippen LogP contribution in [0.4, 0.5) is 0 Å². The van der Waals surface area contributed by atoms with E-state index in [1.807, 2.05) is 6.92 Å². The first-order chi connectivity index (χ1) is 8.18. The summed E-state index contributed by atoms with van der Waals surface area (Å²) in [4.78, 5) is 13.5. The van der Waals surface area contributed by atoms with Crippen LogP contribution in [0.1, 0.15) is 20.3 Å². The highest BCUT2D eigenvalue weighted by atomic mass is 32.2. The molecule has 6 nitrogen and oxygen atoms in total. The molecule has 0 radical (unpaired) electrons. The maximum atomic E-state index is 11.5. The van der Waals surface area contributed by atoms with Crippen molar-refractivity contribution in [1.82, 2.24) is 4.90 Å². The summed E-state index contributed by atoms with van der Waals surface area (Å²) in [5.74, 6) is -0.0905. The third-order valence-corrected chi connectivity index (χ3v) is 4.98. The molecule has 1 rings (SSSR count).